The van der Waals surface area contributed by atoms with Gasteiger partial charge in [-0.15, -0.1) is 0 Å². The average molecular weight is 251 g/mol. The minimum Gasteiger partial charge on any atom is -0.468 e. The standard InChI is InChI=1S/C12H13NO3S/c1-10-5-2-3-7-12(10)17(14,15)13-9-11-6-4-8-16-11/h2-8,13H,9H2,1H3. The zero-order valence-corrected chi connectivity index (χ0v) is 10.2. The number of rotatable bonds is 4. The molecule has 0 aliphatic rings. The molecular formula is C12H13NO3S. The van der Waals surface area contributed by atoms with Gasteiger partial charge in [0.25, 0.3) is 0 Å². The Labute approximate surface area is 100 Å². The molecule has 0 fully saturated rings. The van der Waals surface area contributed by atoms with Gasteiger partial charge in [-0.2, -0.15) is 0 Å². The molecule has 4 nitrogen and oxygen atoms in total. The average Bonchev–Trinajstić information content (AvgIpc) is 2.80. The van der Waals surface area contributed by atoms with Gasteiger partial charge >= 0.3 is 0 Å². The van der Waals surface area contributed by atoms with Crippen molar-refractivity contribution in [2.45, 2.75) is 18.4 Å². The second kappa shape index (κ2) is 4.73. The van der Waals surface area contributed by atoms with Gasteiger partial charge in [-0.1, -0.05) is 18.2 Å². The fourth-order valence-electron chi connectivity index (χ4n) is 1.51. The van der Waals surface area contributed by atoms with Gasteiger partial charge in [0, 0.05) is 0 Å². The summed E-state index contributed by atoms with van der Waals surface area (Å²) in [5.41, 5.74) is 0.722. The summed E-state index contributed by atoms with van der Waals surface area (Å²) in [6.07, 6.45) is 1.51. The predicted molar refractivity (Wildman–Crippen MR) is 63.9 cm³/mol. The number of hydrogen-bond acceptors (Lipinski definition) is 3. The molecule has 0 saturated heterocycles. The van der Waals surface area contributed by atoms with Crippen LogP contribution < -0.4 is 4.72 Å². The van der Waals surface area contributed by atoms with Crippen molar-refractivity contribution in [3.63, 3.8) is 0 Å². The molecule has 0 unspecified atom stereocenters. The minimum absolute atomic E-state index is 0.156. The van der Waals surface area contributed by atoms with E-state index in [2.05, 4.69) is 4.72 Å². The highest BCUT2D eigenvalue weighted by Crippen LogP contribution is 2.14. The molecular weight excluding hydrogens is 238 g/mol. The molecule has 0 radical (unpaired) electrons. The Morgan fingerprint density at radius 1 is 1.18 bits per heavy atom. The van der Waals surface area contributed by atoms with E-state index in [0.717, 1.165) is 5.56 Å². The highest BCUT2D eigenvalue weighted by molar-refractivity contribution is 7.89. The number of hydrogen-bond donors (Lipinski definition) is 1. The highest BCUT2D eigenvalue weighted by Gasteiger charge is 2.15. The third kappa shape index (κ3) is 2.75. The summed E-state index contributed by atoms with van der Waals surface area (Å²) in [6, 6.07) is 10.3. The summed E-state index contributed by atoms with van der Waals surface area (Å²) in [4.78, 5) is 0.298. The van der Waals surface area contributed by atoms with Crippen LogP contribution in [0.4, 0.5) is 0 Å². The minimum atomic E-state index is -3.48. The second-order valence-corrected chi connectivity index (χ2v) is 5.40. The van der Waals surface area contributed by atoms with Crippen LogP contribution in [0.2, 0.25) is 0 Å². The molecule has 0 saturated carbocycles. The van der Waals surface area contributed by atoms with Gasteiger partial charge in [0.1, 0.15) is 5.76 Å². The van der Waals surface area contributed by atoms with E-state index >= 15 is 0 Å². The fourth-order valence-corrected chi connectivity index (χ4v) is 2.75. The Bertz CT molecular complexity index is 588. The summed E-state index contributed by atoms with van der Waals surface area (Å²) in [5.74, 6) is 0.585. The predicted octanol–water partition coefficient (Wildman–Crippen LogP) is 2.07. The topological polar surface area (TPSA) is 59.3 Å². The van der Waals surface area contributed by atoms with Crippen LogP contribution in [-0.4, -0.2) is 8.42 Å². The molecule has 1 N–H and O–H groups in total. The quantitative estimate of drug-likeness (QED) is 0.905. The SMILES string of the molecule is Cc1ccccc1S(=O)(=O)NCc1ccco1. The summed E-state index contributed by atoms with van der Waals surface area (Å²) in [6.45, 7) is 1.92. The zero-order valence-electron chi connectivity index (χ0n) is 9.38. The van der Waals surface area contributed by atoms with E-state index < -0.39 is 10.0 Å². The number of benzene rings is 1. The first-order valence-electron chi connectivity index (χ1n) is 5.17. The molecule has 1 aromatic carbocycles. The molecule has 5 heteroatoms. The summed E-state index contributed by atoms with van der Waals surface area (Å²) in [5, 5.41) is 0. The van der Waals surface area contributed by atoms with E-state index in [1.54, 1.807) is 43.3 Å². The van der Waals surface area contributed by atoms with Crippen molar-refractivity contribution in [2.24, 2.45) is 0 Å². The highest BCUT2D eigenvalue weighted by atomic mass is 32.2. The van der Waals surface area contributed by atoms with Gasteiger partial charge in [-0.05, 0) is 30.7 Å². The molecule has 0 spiro atoms. The number of sulfonamides is 1. The Morgan fingerprint density at radius 2 is 1.94 bits per heavy atom. The smallest absolute Gasteiger partial charge is 0.241 e. The third-order valence-corrected chi connectivity index (χ3v) is 3.96. The third-order valence-electron chi connectivity index (χ3n) is 2.40. The first-order chi connectivity index (χ1) is 8.09. The molecule has 2 rings (SSSR count). The van der Waals surface area contributed by atoms with Crippen molar-refractivity contribution in [3.8, 4) is 0 Å². The molecule has 0 amide bonds. The maximum absolute atomic E-state index is 12.0. The van der Waals surface area contributed by atoms with Crippen molar-refractivity contribution < 1.29 is 12.8 Å². The van der Waals surface area contributed by atoms with Gasteiger partial charge in [0.15, 0.2) is 0 Å². The van der Waals surface area contributed by atoms with Crippen LogP contribution in [0, 0.1) is 6.92 Å². The van der Waals surface area contributed by atoms with Gasteiger partial charge in [-0.3, -0.25) is 0 Å². The normalized spacial score (nSPS) is 11.6. The maximum Gasteiger partial charge on any atom is 0.241 e. The van der Waals surface area contributed by atoms with Crippen LogP contribution in [0.1, 0.15) is 11.3 Å². The molecule has 0 bridgehead atoms. The van der Waals surface area contributed by atoms with Crippen molar-refractivity contribution in [3.05, 3.63) is 54.0 Å². The summed E-state index contributed by atoms with van der Waals surface area (Å²) >= 11 is 0. The number of nitrogens with one attached hydrogen (secondary N) is 1. The van der Waals surface area contributed by atoms with E-state index in [0.29, 0.717) is 10.7 Å². The Morgan fingerprint density at radius 3 is 2.59 bits per heavy atom. The molecule has 17 heavy (non-hydrogen) atoms. The van der Waals surface area contributed by atoms with Crippen molar-refractivity contribution in [1.29, 1.82) is 0 Å². The summed E-state index contributed by atoms with van der Waals surface area (Å²) in [7, 11) is -3.48. The molecule has 1 heterocycles. The Kier molecular flexibility index (Phi) is 3.31. The van der Waals surface area contributed by atoms with Crippen LogP contribution in [0.25, 0.3) is 0 Å². The van der Waals surface area contributed by atoms with Crippen LogP contribution in [-0.2, 0) is 16.6 Å². The zero-order chi connectivity index (χ0) is 12.3. The van der Waals surface area contributed by atoms with Gasteiger partial charge in [0.05, 0.1) is 17.7 Å². The van der Waals surface area contributed by atoms with Crippen LogP contribution in [0.15, 0.2) is 52.0 Å². The van der Waals surface area contributed by atoms with Crippen LogP contribution >= 0.6 is 0 Å². The second-order valence-electron chi connectivity index (χ2n) is 3.67. The first kappa shape index (κ1) is 11.9. The molecule has 0 atom stereocenters. The molecule has 1 aromatic heterocycles. The molecule has 0 aliphatic carbocycles. The lowest BCUT2D eigenvalue weighted by molar-refractivity contribution is 0.498. The van der Waals surface area contributed by atoms with E-state index in [1.165, 1.54) is 6.26 Å². The van der Waals surface area contributed by atoms with Gasteiger partial charge in [0.2, 0.25) is 10.0 Å². The van der Waals surface area contributed by atoms with Crippen LogP contribution in [0.5, 0.6) is 0 Å². The Balaban J connectivity index is 2.17. The lowest BCUT2D eigenvalue weighted by Crippen LogP contribution is -2.23. The number of aryl methyl sites for hydroxylation is 1. The largest absolute Gasteiger partial charge is 0.468 e. The van der Waals surface area contributed by atoms with Gasteiger partial charge in [-0.25, -0.2) is 13.1 Å². The van der Waals surface area contributed by atoms with Gasteiger partial charge < -0.3 is 4.42 Å². The number of furan rings is 1. The lowest BCUT2D eigenvalue weighted by Gasteiger charge is -2.07. The fraction of sp³-hybridized carbons (Fsp3) is 0.167. The van der Waals surface area contributed by atoms with E-state index in [9.17, 15) is 8.42 Å². The maximum atomic E-state index is 12.0. The first-order valence-corrected chi connectivity index (χ1v) is 6.65. The molecule has 2 aromatic rings. The monoisotopic (exact) mass is 251 g/mol. The van der Waals surface area contributed by atoms with E-state index in [1.807, 2.05) is 0 Å². The molecule has 90 valence electrons. The van der Waals surface area contributed by atoms with E-state index in [4.69, 9.17) is 4.42 Å². The molecule has 0 aliphatic heterocycles. The van der Waals surface area contributed by atoms with E-state index in [-0.39, 0.29) is 6.54 Å². The lowest BCUT2D eigenvalue weighted by atomic mass is 10.2. The van der Waals surface area contributed by atoms with Crippen molar-refractivity contribution >= 4 is 10.0 Å². The Hall–Kier alpha value is -1.59. The summed E-state index contributed by atoms with van der Waals surface area (Å²) < 4.78 is 31.6. The van der Waals surface area contributed by atoms with Crippen molar-refractivity contribution in [2.75, 3.05) is 0 Å². The van der Waals surface area contributed by atoms with Crippen molar-refractivity contribution in [1.82, 2.24) is 4.72 Å². The van der Waals surface area contributed by atoms with Crippen LogP contribution in [0.3, 0.4) is 0 Å².